The summed E-state index contributed by atoms with van der Waals surface area (Å²) in [6.07, 6.45) is 1.90. The van der Waals surface area contributed by atoms with E-state index in [1.165, 1.54) is 0 Å². The topological polar surface area (TPSA) is 80.4 Å². The van der Waals surface area contributed by atoms with E-state index in [0.29, 0.717) is 24.5 Å². The smallest absolute Gasteiger partial charge is 0.196 e. The first-order valence-corrected chi connectivity index (χ1v) is 7.61. The van der Waals surface area contributed by atoms with E-state index in [1.54, 1.807) is 6.92 Å². The van der Waals surface area contributed by atoms with Crippen LogP contribution in [0.4, 0.5) is 0 Å². The van der Waals surface area contributed by atoms with Crippen LogP contribution >= 0.6 is 0 Å². The second-order valence-corrected chi connectivity index (χ2v) is 6.70. The number of aromatic nitrogens is 1. The highest BCUT2D eigenvalue weighted by molar-refractivity contribution is 7.91. The molecule has 1 fully saturated rings. The average Bonchev–Trinajstić information content (AvgIpc) is 2.58. The van der Waals surface area contributed by atoms with Crippen LogP contribution < -0.4 is 0 Å². The van der Waals surface area contributed by atoms with Crippen LogP contribution in [0.5, 0.6) is 0 Å². The van der Waals surface area contributed by atoms with Crippen LogP contribution in [0.2, 0.25) is 0 Å². The third-order valence-corrected chi connectivity index (χ3v) is 4.87. The van der Waals surface area contributed by atoms with Gasteiger partial charge in [0.05, 0.1) is 23.8 Å². The summed E-state index contributed by atoms with van der Waals surface area (Å²) >= 11 is 0. The second-order valence-electron chi connectivity index (χ2n) is 4.48. The third-order valence-electron chi connectivity index (χ3n) is 3.05. The SMILES string of the molecule is Cc1oc(CCO)nc1C1CCCS(=O)(=O)C1. The Hall–Kier alpha value is -0.880. The molecule has 1 saturated heterocycles. The number of oxazole rings is 1. The quantitative estimate of drug-likeness (QED) is 0.868. The van der Waals surface area contributed by atoms with Gasteiger partial charge in [0.15, 0.2) is 15.7 Å². The number of hydrogen-bond donors (Lipinski definition) is 1. The van der Waals surface area contributed by atoms with Gasteiger partial charge in [0.2, 0.25) is 0 Å². The molecule has 0 radical (unpaired) electrons. The summed E-state index contributed by atoms with van der Waals surface area (Å²) in [4.78, 5) is 4.30. The van der Waals surface area contributed by atoms with E-state index in [1.807, 2.05) is 0 Å². The summed E-state index contributed by atoms with van der Waals surface area (Å²) in [6.45, 7) is 1.78. The predicted octanol–water partition coefficient (Wildman–Crippen LogP) is 0.810. The lowest BCUT2D eigenvalue weighted by atomic mass is 10.0. The Morgan fingerprint density at radius 1 is 1.53 bits per heavy atom. The maximum absolute atomic E-state index is 11.6. The summed E-state index contributed by atoms with van der Waals surface area (Å²) in [5.41, 5.74) is 0.747. The fourth-order valence-electron chi connectivity index (χ4n) is 2.28. The van der Waals surface area contributed by atoms with E-state index < -0.39 is 9.84 Å². The van der Waals surface area contributed by atoms with Gasteiger partial charge in [-0.2, -0.15) is 0 Å². The summed E-state index contributed by atoms with van der Waals surface area (Å²) < 4.78 is 28.6. The van der Waals surface area contributed by atoms with Gasteiger partial charge in [0.25, 0.3) is 0 Å². The van der Waals surface area contributed by atoms with Gasteiger partial charge in [0, 0.05) is 12.3 Å². The highest BCUT2D eigenvalue weighted by Gasteiger charge is 2.29. The van der Waals surface area contributed by atoms with Crippen LogP contribution in [0.1, 0.15) is 36.1 Å². The molecule has 0 spiro atoms. The second kappa shape index (κ2) is 4.78. The van der Waals surface area contributed by atoms with Crippen molar-refractivity contribution in [3.05, 3.63) is 17.3 Å². The first-order valence-electron chi connectivity index (χ1n) is 5.79. The van der Waals surface area contributed by atoms with Crippen molar-refractivity contribution in [2.75, 3.05) is 18.1 Å². The number of hydrogen-bond acceptors (Lipinski definition) is 5. The molecular weight excluding hydrogens is 242 g/mol. The minimum atomic E-state index is -2.93. The predicted molar refractivity (Wildman–Crippen MR) is 62.7 cm³/mol. The van der Waals surface area contributed by atoms with Gasteiger partial charge in [-0.15, -0.1) is 0 Å². The molecule has 5 nitrogen and oxygen atoms in total. The Labute approximate surface area is 101 Å². The molecule has 2 rings (SSSR count). The number of aliphatic hydroxyl groups excluding tert-OH is 1. The molecule has 2 heterocycles. The van der Waals surface area contributed by atoms with Crippen LogP contribution in [0.3, 0.4) is 0 Å². The molecule has 0 aromatic carbocycles. The van der Waals surface area contributed by atoms with Crippen LogP contribution in [-0.2, 0) is 16.3 Å². The van der Waals surface area contributed by atoms with Crippen molar-refractivity contribution in [2.45, 2.75) is 32.1 Å². The number of sulfone groups is 1. The van der Waals surface area contributed by atoms with Gasteiger partial charge in [-0.25, -0.2) is 13.4 Å². The van der Waals surface area contributed by atoms with Crippen LogP contribution in [-0.4, -0.2) is 36.6 Å². The van der Waals surface area contributed by atoms with Crippen LogP contribution in [0.25, 0.3) is 0 Å². The Morgan fingerprint density at radius 2 is 2.29 bits per heavy atom. The van der Waals surface area contributed by atoms with Crippen molar-refractivity contribution in [1.82, 2.24) is 4.98 Å². The Bertz CT molecular complexity index is 492. The van der Waals surface area contributed by atoms with Crippen molar-refractivity contribution >= 4 is 9.84 Å². The maximum atomic E-state index is 11.6. The normalized spacial score (nSPS) is 23.8. The lowest BCUT2D eigenvalue weighted by molar-refractivity contribution is 0.284. The molecule has 1 aromatic rings. The van der Waals surface area contributed by atoms with Crippen molar-refractivity contribution < 1.29 is 17.9 Å². The minimum absolute atomic E-state index is 0.0115. The van der Waals surface area contributed by atoms with E-state index in [4.69, 9.17) is 9.52 Å². The number of rotatable bonds is 3. The molecule has 17 heavy (non-hydrogen) atoms. The Morgan fingerprint density at radius 3 is 2.94 bits per heavy atom. The molecule has 0 amide bonds. The fraction of sp³-hybridized carbons (Fsp3) is 0.727. The number of nitrogens with zero attached hydrogens (tertiary/aromatic N) is 1. The van der Waals surface area contributed by atoms with E-state index in [-0.39, 0.29) is 24.0 Å². The molecule has 1 unspecified atom stereocenters. The van der Waals surface area contributed by atoms with Gasteiger partial charge < -0.3 is 9.52 Å². The Balaban J connectivity index is 2.21. The summed E-state index contributed by atoms with van der Waals surface area (Å²) in [5, 5.41) is 8.82. The fourth-order valence-corrected chi connectivity index (χ4v) is 4.00. The molecule has 0 bridgehead atoms. The van der Waals surface area contributed by atoms with Gasteiger partial charge >= 0.3 is 0 Å². The van der Waals surface area contributed by atoms with Crippen LogP contribution in [0, 0.1) is 6.92 Å². The minimum Gasteiger partial charge on any atom is -0.446 e. The molecule has 0 saturated carbocycles. The summed E-state index contributed by atoms with van der Waals surface area (Å²) in [6, 6.07) is 0. The largest absolute Gasteiger partial charge is 0.446 e. The molecule has 1 aliphatic heterocycles. The van der Waals surface area contributed by atoms with Gasteiger partial charge in [-0.05, 0) is 19.8 Å². The monoisotopic (exact) mass is 259 g/mol. The zero-order valence-corrected chi connectivity index (χ0v) is 10.7. The zero-order valence-electron chi connectivity index (χ0n) is 9.85. The van der Waals surface area contributed by atoms with E-state index in [0.717, 1.165) is 12.1 Å². The number of aryl methyl sites for hydroxylation is 1. The first-order chi connectivity index (χ1) is 8.02. The standard InChI is InChI=1S/C11H17NO4S/c1-8-11(12-10(16-8)4-5-13)9-3-2-6-17(14,15)7-9/h9,13H,2-7H2,1H3. The van der Waals surface area contributed by atoms with Gasteiger partial charge in [-0.1, -0.05) is 0 Å². The van der Waals surface area contributed by atoms with Crippen molar-refractivity contribution in [2.24, 2.45) is 0 Å². The molecular formula is C11H17NO4S. The van der Waals surface area contributed by atoms with Gasteiger partial charge in [0.1, 0.15) is 5.76 Å². The summed E-state index contributed by atoms with van der Waals surface area (Å²) in [5.74, 6) is 1.56. The van der Waals surface area contributed by atoms with E-state index >= 15 is 0 Å². The number of aliphatic hydroxyl groups is 1. The Kier molecular flexibility index (Phi) is 3.53. The molecule has 96 valence electrons. The zero-order chi connectivity index (χ0) is 12.5. The van der Waals surface area contributed by atoms with E-state index in [9.17, 15) is 8.42 Å². The molecule has 1 aromatic heterocycles. The molecule has 1 N–H and O–H groups in total. The molecule has 6 heteroatoms. The third kappa shape index (κ3) is 2.87. The highest BCUT2D eigenvalue weighted by Crippen LogP contribution is 2.30. The van der Waals surface area contributed by atoms with Crippen molar-refractivity contribution in [3.63, 3.8) is 0 Å². The van der Waals surface area contributed by atoms with Gasteiger partial charge in [-0.3, -0.25) is 0 Å². The molecule has 0 aliphatic carbocycles. The molecule has 1 atom stereocenters. The van der Waals surface area contributed by atoms with Crippen molar-refractivity contribution in [3.8, 4) is 0 Å². The van der Waals surface area contributed by atoms with Crippen LogP contribution in [0.15, 0.2) is 4.42 Å². The lowest BCUT2D eigenvalue weighted by Gasteiger charge is -2.20. The maximum Gasteiger partial charge on any atom is 0.196 e. The molecule has 1 aliphatic rings. The van der Waals surface area contributed by atoms with E-state index in [2.05, 4.69) is 4.98 Å². The lowest BCUT2D eigenvalue weighted by Crippen LogP contribution is -2.24. The average molecular weight is 259 g/mol. The van der Waals surface area contributed by atoms with Crippen molar-refractivity contribution in [1.29, 1.82) is 0 Å². The highest BCUT2D eigenvalue weighted by atomic mass is 32.2. The first kappa shape index (κ1) is 12.6. The summed E-state index contributed by atoms with van der Waals surface area (Å²) in [7, 11) is -2.93.